The second-order valence-corrected chi connectivity index (χ2v) is 5.60. The van der Waals surface area contributed by atoms with E-state index in [-0.39, 0.29) is 0 Å². The maximum atomic E-state index is 9.71. The second-order valence-electron chi connectivity index (χ2n) is 5.60. The summed E-state index contributed by atoms with van der Waals surface area (Å²) in [6.07, 6.45) is 1.04. The molecule has 0 amide bonds. The normalized spacial score (nSPS) is 12.9. The SMILES string of the molecule is CC(C)(O)Cc1cccc(CC(C)(C)O)n1. The highest BCUT2D eigenvalue weighted by atomic mass is 16.3. The molecule has 3 nitrogen and oxygen atoms in total. The van der Waals surface area contributed by atoms with Crippen molar-refractivity contribution in [3.05, 3.63) is 29.6 Å². The molecule has 0 unspecified atom stereocenters. The van der Waals surface area contributed by atoms with E-state index in [0.717, 1.165) is 11.4 Å². The van der Waals surface area contributed by atoms with Crippen LogP contribution < -0.4 is 0 Å². The maximum Gasteiger partial charge on any atom is 0.0647 e. The van der Waals surface area contributed by atoms with E-state index in [4.69, 9.17) is 0 Å². The first-order chi connectivity index (χ1) is 7.16. The molecule has 90 valence electrons. The molecule has 0 aliphatic rings. The Morgan fingerprint density at radius 1 is 0.938 bits per heavy atom. The van der Waals surface area contributed by atoms with Crippen molar-refractivity contribution < 1.29 is 10.2 Å². The molecule has 3 heteroatoms. The molecule has 0 fully saturated rings. The molecule has 0 radical (unpaired) electrons. The quantitative estimate of drug-likeness (QED) is 0.817. The van der Waals surface area contributed by atoms with Gasteiger partial charge in [-0.3, -0.25) is 4.98 Å². The van der Waals surface area contributed by atoms with Crippen molar-refractivity contribution in [2.45, 2.75) is 51.7 Å². The predicted molar refractivity (Wildman–Crippen MR) is 64.2 cm³/mol. The molecule has 1 aromatic rings. The van der Waals surface area contributed by atoms with Gasteiger partial charge in [-0.25, -0.2) is 0 Å². The second kappa shape index (κ2) is 4.52. The van der Waals surface area contributed by atoms with Crippen LogP contribution in [0.4, 0.5) is 0 Å². The minimum atomic E-state index is -0.750. The summed E-state index contributed by atoms with van der Waals surface area (Å²) in [5.41, 5.74) is 0.212. The highest BCUT2D eigenvalue weighted by molar-refractivity contribution is 5.14. The lowest BCUT2D eigenvalue weighted by molar-refractivity contribution is 0.0779. The molecule has 0 spiro atoms. The smallest absolute Gasteiger partial charge is 0.0647 e. The fraction of sp³-hybridized carbons (Fsp3) is 0.615. The summed E-state index contributed by atoms with van der Waals surface area (Å²) in [6.45, 7) is 7.04. The monoisotopic (exact) mass is 223 g/mol. The zero-order valence-corrected chi connectivity index (χ0v) is 10.5. The topological polar surface area (TPSA) is 53.4 Å². The van der Waals surface area contributed by atoms with E-state index in [1.807, 2.05) is 18.2 Å². The number of pyridine rings is 1. The minimum absolute atomic E-state index is 0.521. The zero-order valence-electron chi connectivity index (χ0n) is 10.5. The maximum absolute atomic E-state index is 9.71. The summed E-state index contributed by atoms with van der Waals surface area (Å²) in [5.74, 6) is 0. The first-order valence-corrected chi connectivity index (χ1v) is 5.55. The Labute approximate surface area is 97.2 Å². The highest BCUT2D eigenvalue weighted by Gasteiger charge is 2.17. The van der Waals surface area contributed by atoms with Crippen LogP contribution in [0.2, 0.25) is 0 Å². The van der Waals surface area contributed by atoms with Crippen molar-refractivity contribution in [3.8, 4) is 0 Å². The molecule has 0 bridgehead atoms. The van der Waals surface area contributed by atoms with Gasteiger partial charge in [-0.15, -0.1) is 0 Å². The van der Waals surface area contributed by atoms with E-state index in [2.05, 4.69) is 4.98 Å². The molecule has 1 heterocycles. The molecular weight excluding hydrogens is 202 g/mol. The predicted octanol–water partition coefficient (Wildman–Crippen LogP) is 1.71. The third kappa shape index (κ3) is 5.24. The Kier molecular flexibility index (Phi) is 3.71. The molecule has 16 heavy (non-hydrogen) atoms. The molecule has 0 aromatic carbocycles. The Balaban J connectivity index is 2.79. The van der Waals surface area contributed by atoms with Crippen LogP contribution in [0.1, 0.15) is 39.1 Å². The van der Waals surface area contributed by atoms with Gasteiger partial charge in [0.2, 0.25) is 0 Å². The van der Waals surface area contributed by atoms with E-state index in [9.17, 15) is 10.2 Å². The molecule has 1 aromatic heterocycles. The van der Waals surface area contributed by atoms with Gasteiger partial charge in [0.25, 0.3) is 0 Å². The number of nitrogens with zero attached hydrogens (tertiary/aromatic N) is 1. The lowest BCUT2D eigenvalue weighted by Crippen LogP contribution is -2.24. The van der Waals surface area contributed by atoms with Gasteiger partial charge in [0.05, 0.1) is 11.2 Å². The van der Waals surface area contributed by atoms with Gasteiger partial charge in [0.1, 0.15) is 0 Å². The van der Waals surface area contributed by atoms with E-state index >= 15 is 0 Å². The molecular formula is C13H21NO2. The summed E-state index contributed by atoms with van der Waals surface area (Å²) < 4.78 is 0. The fourth-order valence-electron chi connectivity index (χ4n) is 1.61. The van der Waals surface area contributed by atoms with E-state index in [1.165, 1.54) is 0 Å². The van der Waals surface area contributed by atoms with Gasteiger partial charge in [-0.05, 0) is 39.8 Å². The van der Waals surface area contributed by atoms with Crippen molar-refractivity contribution in [3.63, 3.8) is 0 Å². The number of hydrogen-bond donors (Lipinski definition) is 2. The van der Waals surface area contributed by atoms with E-state index in [1.54, 1.807) is 27.7 Å². The molecule has 0 saturated heterocycles. The summed E-state index contributed by atoms with van der Waals surface area (Å²) in [4.78, 5) is 4.42. The first kappa shape index (κ1) is 13.1. The standard InChI is InChI=1S/C13H21NO2/c1-12(2,15)8-10-6-5-7-11(14-10)9-13(3,4)16/h5-7,15-16H,8-9H2,1-4H3. The van der Waals surface area contributed by atoms with Crippen LogP contribution in [0, 0.1) is 0 Å². The van der Waals surface area contributed by atoms with Crippen molar-refractivity contribution in [1.82, 2.24) is 4.98 Å². The van der Waals surface area contributed by atoms with Crippen molar-refractivity contribution in [2.75, 3.05) is 0 Å². The summed E-state index contributed by atoms with van der Waals surface area (Å²) in [6, 6.07) is 5.70. The lowest BCUT2D eigenvalue weighted by atomic mass is 10.00. The molecule has 2 N–H and O–H groups in total. The summed E-state index contributed by atoms with van der Waals surface area (Å²) in [5, 5.41) is 19.4. The number of aliphatic hydroxyl groups is 2. The lowest BCUT2D eigenvalue weighted by Gasteiger charge is -2.19. The van der Waals surface area contributed by atoms with Crippen LogP contribution >= 0.6 is 0 Å². The molecule has 0 aliphatic carbocycles. The summed E-state index contributed by atoms with van der Waals surface area (Å²) in [7, 11) is 0. The van der Waals surface area contributed by atoms with Gasteiger partial charge in [-0.1, -0.05) is 6.07 Å². The Morgan fingerprint density at radius 2 is 1.31 bits per heavy atom. The zero-order chi connectivity index (χ0) is 12.4. The van der Waals surface area contributed by atoms with Crippen LogP contribution in [0.5, 0.6) is 0 Å². The van der Waals surface area contributed by atoms with Crippen molar-refractivity contribution >= 4 is 0 Å². The average Bonchev–Trinajstić information content (AvgIpc) is 1.96. The van der Waals surface area contributed by atoms with Gasteiger partial charge in [0.15, 0.2) is 0 Å². The Hall–Kier alpha value is -0.930. The Bertz CT molecular complexity index is 316. The molecule has 0 atom stereocenters. The average molecular weight is 223 g/mol. The van der Waals surface area contributed by atoms with E-state index in [0.29, 0.717) is 12.8 Å². The van der Waals surface area contributed by atoms with E-state index < -0.39 is 11.2 Å². The Morgan fingerprint density at radius 3 is 1.62 bits per heavy atom. The van der Waals surface area contributed by atoms with Gasteiger partial charge < -0.3 is 10.2 Å². The van der Waals surface area contributed by atoms with Crippen LogP contribution in [0.15, 0.2) is 18.2 Å². The van der Waals surface area contributed by atoms with Crippen LogP contribution in [0.25, 0.3) is 0 Å². The number of hydrogen-bond acceptors (Lipinski definition) is 3. The number of aromatic nitrogens is 1. The minimum Gasteiger partial charge on any atom is -0.390 e. The largest absolute Gasteiger partial charge is 0.390 e. The van der Waals surface area contributed by atoms with Crippen LogP contribution in [0.3, 0.4) is 0 Å². The third-order valence-corrected chi connectivity index (χ3v) is 2.09. The highest BCUT2D eigenvalue weighted by Crippen LogP contribution is 2.14. The van der Waals surface area contributed by atoms with Gasteiger partial charge in [0, 0.05) is 24.2 Å². The summed E-state index contributed by atoms with van der Waals surface area (Å²) >= 11 is 0. The van der Waals surface area contributed by atoms with Crippen LogP contribution in [-0.4, -0.2) is 26.4 Å². The van der Waals surface area contributed by atoms with Crippen molar-refractivity contribution in [1.29, 1.82) is 0 Å². The molecule has 0 saturated carbocycles. The fourth-order valence-corrected chi connectivity index (χ4v) is 1.61. The van der Waals surface area contributed by atoms with Crippen LogP contribution in [-0.2, 0) is 12.8 Å². The van der Waals surface area contributed by atoms with Gasteiger partial charge in [-0.2, -0.15) is 0 Å². The first-order valence-electron chi connectivity index (χ1n) is 5.55. The molecule has 0 aliphatic heterocycles. The van der Waals surface area contributed by atoms with Gasteiger partial charge >= 0.3 is 0 Å². The molecule has 1 rings (SSSR count). The number of rotatable bonds is 4. The van der Waals surface area contributed by atoms with Crippen molar-refractivity contribution in [2.24, 2.45) is 0 Å². The third-order valence-electron chi connectivity index (χ3n) is 2.09.